The minimum atomic E-state index is -0.297. The number of hydrogen-bond acceptors (Lipinski definition) is 3. The predicted molar refractivity (Wildman–Crippen MR) is 123 cm³/mol. The lowest BCUT2D eigenvalue weighted by Crippen LogP contribution is -2.50. The first-order chi connectivity index (χ1) is 13.7. The van der Waals surface area contributed by atoms with Crippen LogP contribution in [0.3, 0.4) is 0 Å². The van der Waals surface area contributed by atoms with E-state index in [4.69, 9.17) is 27.9 Å². The zero-order chi connectivity index (χ0) is 21.2. The maximum Gasteiger partial charge on any atom is 0.249 e. The first-order valence-electron chi connectivity index (χ1n) is 9.73. The Morgan fingerprint density at radius 1 is 1.10 bits per heavy atom. The summed E-state index contributed by atoms with van der Waals surface area (Å²) in [5.74, 6) is 0.854. The van der Waals surface area contributed by atoms with Gasteiger partial charge in [-0.25, -0.2) is 0 Å². The van der Waals surface area contributed by atoms with E-state index in [0.29, 0.717) is 10.0 Å². The summed E-state index contributed by atoms with van der Waals surface area (Å²) in [4.78, 5) is 15.0. The highest BCUT2D eigenvalue weighted by atomic mass is 35.5. The van der Waals surface area contributed by atoms with Crippen molar-refractivity contribution in [3.63, 3.8) is 0 Å². The van der Waals surface area contributed by atoms with E-state index in [-0.39, 0.29) is 35.4 Å². The monoisotopic (exact) mass is 451 g/mol. The summed E-state index contributed by atoms with van der Waals surface area (Å²) in [6, 6.07) is 15.2. The second-order valence-electron chi connectivity index (χ2n) is 8.36. The van der Waals surface area contributed by atoms with Crippen LogP contribution in [-0.4, -0.2) is 34.0 Å². The lowest BCUT2D eigenvalue weighted by Gasteiger charge is -2.45. The van der Waals surface area contributed by atoms with Gasteiger partial charge in [-0.15, -0.1) is 0 Å². The van der Waals surface area contributed by atoms with Crippen LogP contribution in [-0.2, 0) is 9.53 Å². The molecule has 0 N–H and O–H groups in total. The van der Waals surface area contributed by atoms with E-state index in [1.54, 1.807) is 0 Å². The molecule has 3 unspecified atom stereocenters. The molecule has 29 heavy (non-hydrogen) atoms. The lowest BCUT2D eigenvalue weighted by molar-refractivity contribution is -0.161. The van der Waals surface area contributed by atoms with Gasteiger partial charge in [-0.05, 0) is 42.3 Å². The van der Waals surface area contributed by atoms with Crippen molar-refractivity contribution in [2.75, 3.05) is 12.4 Å². The third-order valence-electron chi connectivity index (χ3n) is 4.88. The van der Waals surface area contributed by atoms with Crippen molar-refractivity contribution >= 4 is 40.9 Å². The molecule has 1 amide bonds. The third-order valence-corrected chi connectivity index (χ3v) is 6.88. The number of rotatable bonds is 5. The van der Waals surface area contributed by atoms with E-state index in [2.05, 4.69) is 27.7 Å². The van der Waals surface area contributed by atoms with Crippen molar-refractivity contribution < 1.29 is 9.53 Å². The zero-order valence-electron chi connectivity index (χ0n) is 17.2. The van der Waals surface area contributed by atoms with E-state index in [1.807, 2.05) is 65.2 Å². The van der Waals surface area contributed by atoms with Crippen LogP contribution in [0.15, 0.2) is 48.5 Å². The van der Waals surface area contributed by atoms with Crippen LogP contribution in [0, 0.1) is 0 Å². The van der Waals surface area contributed by atoms with Crippen LogP contribution >= 0.6 is 35.0 Å². The van der Waals surface area contributed by atoms with Crippen LogP contribution in [0.4, 0.5) is 0 Å². The fraction of sp³-hybridized carbons (Fsp3) is 0.435. The molecule has 2 aromatic rings. The molecule has 1 aliphatic heterocycles. The average molecular weight is 452 g/mol. The number of nitrogens with zero attached hydrogens (tertiary/aromatic N) is 1. The van der Waals surface area contributed by atoms with E-state index in [1.165, 1.54) is 0 Å². The highest BCUT2D eigenvalue weighted by Crippen LogP contribution is 2.42. The summed E-state index contributed by atoms with van der Waals surface area (Å²) in [5, 5.41) is 1.32. The summed E-state index contributed by atoms with van der Waals surface area (Å²) >= 11 is 14.2. The highest BCUT2D eigenvalue weighted by Gasteiger charge is 2.41. The fourth-order valence-electron chi connectivity index (χ4n) is 3.56. The molecule has 1 aliphatic rings. The van der Waals surface area contributed by atoms with Crippen LogP contribution in [0.2, 0.25) is 10.0 Å². The van der Waals surface area contributed by atoms with Gasteiger partial charge < -0.3 is 9.64 Å². The molecule has 0 radical (unpaired) electrons. The second kappa shape index (κ2) is 9.30. The van der Waals surface area contributed by atoms with Crippen LogP contribution in [0.25, 0.3) is 0 Å². The molecule has 0 spiro atoms. The van der Waals surface area contributed by atoms with Crippen LogP contribution in [0.5, 0.6) is 0 Å². The van der Waals surface area contributed by atoms with E-state index in [0.717, 1.165) is 16.9 Å². The molecule has 0 saturated carbocycles. The largest absolute Gasteiger partial charge is 0.361 e. The normalized spacial score (nSPS) is 21.3. The Labute approximate surface area is 187 Å². The molecular formula is C23H27Cl2NO2S. The van der Waals surface area contributed by atoms with Crippen molar-refractivity contribution in [3.8, 4) is 0 Å². The van der Waals surface area contributed by atoms with Gasteiger partial charge in [0.15, 0.2) is 0 Å². The van der Waals surface area contributed by atoms with Crippen molar-refractivity contribution in [1.29, 1.82) is 0 Å². The van der Waals surface area contributed by atoms with Gasteiger partial charge in [0.2, 0.25) is 5.91 Å². The summed E-state index contributed by atoms with van der Waals surface area (Å²) in [7, 11) is 0. The molecule has 3 atom stereocenters. The van der Waals surface area contributed by atoms with Crippen molar-refractivity contribution in [3.05, 3.63) is 69.7 Å². The Hall–Kier alpha value is -1.20. The van der Waals surface area contributed by atoms with Gasteiger partial charge in [0.05, 0.1) is 6.04 Å². The molecule has 1 saturated heterocycles. The molecule has 156 valence electrons. The topological polar surface area (TPSA) is 29.5 Å². The number of amides is 1. The van der Waals surface area contributed by atoms with E-state index >= 15 is 0 Å². The molecule has 0 aliphatic carbocycles. The second-order valence-corrected chi connectivity index (χ2v) is 11.1. The van der Waals surface area contributed by atoms with Crippen molar-refractivity contribution in [2.24, 2.45) is 0 Å². The molecule has 3 rings (SSSR count). The highest BCUT2D eigenvalue weighted by molar-refractivity contribution is 8.00. The summed E-state index contributed by atoms with van der Waals surface area (Å²) < 4.78 is 6.20. The zero-order valence-corrected chi connectivity index (χ0v) is 19.5. The number of benzene rings is 2. The number of halogens is 2. The van der Waals surface area contributed by atoms with Gasteiger partial charge in [0.25, 0.3) is 0 Å². The lowest BCUT2D eigenvalue weighted by atomic mass is 9.92. The first kappa shape index (κ1) is 22.5. The van der Waals surface area contributed by atoms with E-state index < -0.39 is 0 Å². The van der Waals surface area contributed by atoms with Crippen molar-refractivity contribution in [2.45, 2.75) is 50.6 Å². The minimum Gasteiger partial charge on any atom is -0.361 e. The fourth-order valence-corrected chi connectivity index (χ4v) is 4.78. The number of thioether (sulfide) groups is 1. The minimum absolute atomic E-state index is 0.00485. The first-order valence-corrected chi connectivity index (χ1v) is 11.5. The Balaban J connectivity index is 2.00. The molecule has 6 heteroatoms. The smallest absolute Gasteiger partial charge is 0.249 e. The quantitative estimate of drug-likeness (QED) is 0.515. The number of carbonyl (C=O) groups is 1. The maximum atomic E-state index is 13.0. The SMILES string of the molecule is CC(CSC(C)(C)C)N1C(=O)COC(c2cccc(Cl)c2)C1c1ccc(Cl)cc1. The average Bonchev–Trinajstić information content (AvgIpc) is 2.66. The molecular weight excluding hydrogens is 425 g/mol. The molecule has 2 aromatic carbocycles. The molecule has 0 aromatic heterocycles. The number of hydrogen-bond donors (Lipinski definition) is 0. The number of morpholine rings is 1. The van der Waals surface area contributed by atoms with Crippen molar-refractivity contribution in [1.82, 2.24) is 4.90 Å². The summed E-state index contributed by atoms with van der Waals surface area (Å²) in [6.07, 6.45) is -0.297. The number of carbonyl (C=O) groups excluding carboxylic acids is 1. The molecule has 3 nitrogen and oxygen atoms in total. The van der Waals surface area contributed by atoms with Gasteiger partial charge >= 0.3 is 0 Å². The molecule has 0 bridgehead atoms. The summed E-state index contributed by atoms with van der Waals surface area (Å²) in [6.45, 7) is 8.75. The number of ether oxygens (including phenoxy) is 1. The van der Waals surface area contributed by atoms with Crippen LogP contribution in [0.1, 0.15) is 51.0 Å². The van der Waals surface area contributed by atoms with Gasteiger partial charge in [-0.1, -0.05) is 68.2 Å². The van der Waals surface area contributed by atoms with E-state index in [9.17, 15) is 4.79 Å². The Kier molecular flexibility index (Phi) is 7.21. The van der Waals surface area contributed by atoms with Gasteiger partial charge in [-0.2, -0.15) is 11.8 Å². The Bertz CT molecular complexity index is 851. The van der Waals surface area contributed by atoms with Gasteiger partial charge in [0, 0.05) is 26.6 Å². The van der Waals surface area contributed by atoms with Gasteiger partial charge in [-0.3, -0.25) is 4.79 Å². The standard InChI is InChI=1S/C23H27Cl2NO2S/c1-15(14-29-23(2,3)4)26-20(27)13-28-22(17-6-5-7-19(25)12-17)21(26)16-8-10-18(24)11-9-16/h5-12,15,21-22H,13-14H2,1-4H3. The molecule has 1 fully saturated rings. The third kappa shape index (κ3) is 5.69. The van der Waals surface area contributed by atoms with Gasteiger partial charge in [0.1, 0.15) is 12.7 Å². The molecule has 1 heterocycles. The Morgan fingerprint density at radius 2 is 1.79 bits per heavy atom. The Morgan fingerprint density at radius 3 is 2.41 bits per heavy atom. The van der Waals surface area contributed by atoms with Crippen LogP contribution < -0.4 is 0 Å². The maximum absolute atomic E-state index is 13.0. The summed E-state index contributed by atoms with van der Waals surface area (Å²) in [5.41, 5.74) is 1.96. The predicted octanol–water partition coefficient (Wildman–Crippen LogP) is 6.55.